The molecule has 2 aromatic carbocycles. The van der Waals surface area contributed by atoms with Gasteiger partial charge in [-0.2, -0.15) is 0 Å². The molecule has 0 saturated heterocycles. The fourth-order valence-electron chi connectivity index (χ4n) is 3.75. The number of rotatable bonds is 4. The van der Waals surface area contributed by atoms with E-state index in [4.69, 9.17) is 0 Å². The van der Waals surface area contributed by atoms with Gasteiger partial charge in [-0.15, -0.1) is 0 Å². The van der Waals surface area contributed by atoms with Crippen LogP contribution in [0.15, 0.2) is 95.0 Å². The molecule has 4 rings (SSSR count). The predicted octanol–water partition coefficient (Wildman–Crippen LogP) is 5.05. The monoisotopic (exact) mass is 502 g/mol. The summed E-state index contributed by atoms with van der Waals surface area (Å²) in [7, 11) is 12.5. The van der Waals surface area contributed by atoms with E-state index in [2.05, 4.69) is 142 Å². The summed E-state index contributed by atoms with van der Waals surface area (Å²) in [5.74, 6) is 0. The molecule has 0 atom stereocenters. The van der Waals surface area contributed by atoms with Crippen LogP contribution in [-0.2, 0) is 0 Å². The van der Waals surface area contributed by atoms with E-state index in [-0.39, 0.29) is 15.0 Å². The Labute approximate surface area is 204 Å². The van der Waals surface area contributed by atoms with Crippen molar-refractivity contribution in [3.63, 3.8) is 0 Å². The van der Waals surface area contributed by atoms with E-state index in [1.54, 1.807) is 0 Å². The van der Waals surface area contributed by atoms with Crippen molar-refractivity contribution < 1.29 is 4.58 Å². The Morgan fingerprint density at radius 3 is 1.64 bits per heavy atom. The molecule has 0 unspecified atom stereocenters. The average molecular weight is 502 g/mol. The van der Waals surface area contributed by atoms with Crippen LogP contribution < -0.4 is 9.80 Å². The molecule has 4 heteroatoms. The van der Waals surface area contributed by atoms with E-state index in [0.29, 0.717) is 0 Å². The van der Waals surface area contributed by atoms with E-state index < -0.39 is 0 Å². The second kappa shape index (κ2) is 9.82. The first-order valence-corrected chi connectivity index (χ1v) is 12.8. The topological polar surface area (TPSA) is 9.49 Å². The van der Waals surface area contributed by atoms with Gasteiger partial charge in [0, 0.05) is 0 Å². The Hall–Kier alpha value is -3.07. The minimum atomic E-state index is 0.229. The zero-order valence-corrected chi connectivity index (χ0v) is 22.0. The molecule has 0 radical (unpaired) electrons. The normalized spacial score (nSPS) is 15.4. The standard InChI is InChI=1S/C29H32N3Se/c1-30(2)25-13-7-21(8-14-25)24-19-28(22-9-15-26(16-10-22)31(3)4)33-29(20-24)23-11-17-27(18-12-23)32(5)6/h7-20H,1-6H3/q+1. The van der Waals surface area contributed by atoms with Gasteiger partial charge >= 0.3 is 205 Å². The van der Waals surface area contributed by atoms with Crippen molar-refractivity contribution in [2.75, 3.05) is 52.1 Å². The number of hydrogen-bond acceptors (Lipinski definition) is 2. The number of nitrogens with zero attached hydrogens (tertiary/aromatic N) is 3. The van der Waals surface area contributed by atoms with Crippen LogP contribution in [-0.4, -0.2) is 67.5 Å². The van der Waals surface area contributed by atoms with Crippen molar-refractivity contribution in [1.82, 2.24) is 0 Å². The molecule has 168 valence electrons. The maximum absolute atomic E-state index is 2.38. The van der Waals surface area contributed by atoms with Crippen molar-refractivity contribution in [3.8, 4) is 0 Å². The molecule has 0 N–H and O–H groups in total. The molecular weight excluding hydrogens is 469 g/mol. The van der Waals surface area contributed by atoms with Gasteiger partial charge in [-0.05, 0) is 0 Å². The van der Waals surface area contributed by atoms with Gasteiger partial charge in [-0.1, -0.05) is 0 Å². The molecule has 0 aromatic heterocycles. The van der Waals surface area contributed by atoms with Crippen LogP contribution in [0.5, 0.6) is 0 Å². The number of benzene rings is 2. The van der Waals surface area contributed by atoms with Crippen LogP contribution in [0.25, 0.3) is 10.0 Å². The number of anilines is 2. The predicted molar refractivity (Wildman–Crippen MR) is 146 cm³/mol. The van der Waals surface area contributed by atoms with Crippen molar-refractivity contribution in [1.29, 1.82) is 0 Å². The van der Waals surface area contributed by atoms with Crippen LogP contribution in [0.2, 0.25) is 0 Å². The van der Waals surface area contributed by atoms with Gasteiger partial charge in [-0.25, -0.2) is 0 Å². The third-order valence-electron chi connectivity index (χ3n) is 5.85. The average Bonchev–Trinajstić information content (AvgIpc) is 2.84. The molecule has 0 bridgehead atoms. The van der Waals surface area contributed by atoms with E-state index in [0.717, 1.165) is 0 Å². The molecule has 2 aromatic rings. The Morgan fingerprint density at radius 1 is 0.636 bits per heavy atom. The van der Waals surface area contributed by atoms with Crippen molar-refractivity contribution in [2.24, 2.45) is 0 Å². The van der Waals surface area contributed by atoms with Crippen LogP contribution >= 0.6 is 0 Å². The Bertz CT molecular complexity index is 1200. The summed E-state index contributed by atoms with van der Waals surface area (Å²) in [5.41, 5.74) is 8.79. The van der Waals surface area contributed by atoms with Crippen LogP contribution in [0.4, 0.5) is 11.4 Å². The Morgan fingerprint density at radius 2 is 1.15 bits per heavy atom. The molecule has 1 heterocycles. The van der Waals surface area contributed by atoms with Crippen LogP contribution in [0.3, 0.4) is 0 Å². The van der Waals surface area contributed by atoms with Crippen molar-refractivity contribution >= 4 is 42.1 Å². The molecule has 3 nitrogen and oxygen atoms in total. The van der Waals surface area contributed by atoms with Gasteiger partial charge in [0.2, 0.25) is 0 Å². The summed E-state index contributed by atoms with van der Waals surface area (Å²) >= 11 is 0.229. The third kappa shape index (κ3) is 5.30. The SMILES string of the molecule is CN(C)c1ccc(C2=CC(=C3C=CC(=[N+](C)C)C=C3)[Se]C(c3ccc(N(C)C)cc3)=C2)cc1. The zero-order chi connectivity index (χ0) is 23.5. The van der Waals surface area contributed by atoms with E-state index >= 15 is 0 Å². The van der Waals surface area contributed by atoms with Gasteiger partial charge in [0.05, 0.1) is 0 Å². The summed E-state index contributed by atoms with van der Waals surface area (Å²) in [6.45, 7) is 0. The fraction of sp³-hybridized carbons (Fsp3) is 0.207. The van der Waals surface area contributed by atoms with E-state index in [1.165, 1.54) is 48.3 Å². The second-order valence-electron chi connectivity index (χ2n) is 8.90. The van der Waals surface area contributed by atoms with E-state index in [1.807, 2.05) is 0 Å². The summed E-state index contributed by atoms with van der Waals surface area (Å²) in [5, 5.41) is 0. The molecule has 0 spiro atoms. The van der Waals surface area contributed by atoms with Crippen LogP contribution in [0, 0.1) is 0 Å². The molecular formula is C29H32N3Se+. The van der Waals surface area contributed by atoms with Gasteiger partial charge < -0.3 is 0 Å². The number of hydrogen-bond donors (Lipinski definition) is 0. The molecule has 0 saturated carbocycles. The quantitative estimate of drug-likeness (QED) is 0.428. The first-order valence-electron chi connectivity index (χ1n) is 11.1. The third-order valence-corrected chi connectivity index (χ3v) is 8.25. The van der Waals surface area contributed by atoms with Gasteiger partial charge in [0.1, 0.15) is 0 Å². The summed E-state index contributed by atoms with van der Waals surface area (Å²) in [6, 6.07) is 17.8. The first kappa shape index (κ1) is 23.1. The zero-order valence-electron chi connectivity index (χ0n) is 20.3. The molecule has 33 heavy (non-hydrogen) atoms. The Balaban J connectivity index is 1.77. The molecule has 1 aliphatic carbocycles. The molecule has 0 fully saturated rings. The fourth-order valence-corrected chi connectivity index (χ4v) is 6.10. The Kier molecular flexibility index (Phi) is 6.88. The minimum absolute atomic E-state index is 0.229. The van der Waals surface area contributed by atoms with E-state index in [9.17, 15) is 0 Å². The summed E-state index contributed by atoms with van der Waals surface area (Å²) < 4.78 is 4.97. The van der Waals surface area contributed by atoms with Gasteiger partial charge in [-0.3, -0.25) is 0 Å². The van der Waals surface area contributed by atoms with Crippen LogP contribution in [0.1, 0.15) is 11.1 Å². The second-order valence-corrected chi connectivity index (χ2v) is 11.2. The maximum atomic E-state index is 2.38. The first-order chi connectivity index (χ1) is 15.8. The molecule has 0 amide bonds. The van der Waals surface area contributed by atoms with Gasteiger partial charge in [0.25, 0.3) is 0 Å². The summed E-state index contributed by atoms with van der Waals surface area (Å²) in [6.07, 6.45) is 13.7. The van der Waals surface area contributed by atoms with Gasteiger partial charge in [0.15, 0.2) is 0 Å². The van der Waals surface area contributed by atoms with Crippen molar-refractivity contribution in [2.45, 2.75) is 0 Å². The molecule has 1 aliphatic heterocycles. The number of allylic oxidation sites excluding steroid dienone is 9. The summed E-state index contributed by atoms with van der Waals surface area (Å²) in [4.78, 5) is 4.28. The molecule has 2 aliphatic rings. The van der Waals surface area contributed by atoms with Crippen molar-refractivity contribution in [3.05, 3.63) is 106 Å².